The van der Waals surface area contributed by atoms with Crippen LogP contribution in [0.15, 0.2) is 36.5 Å². The molecule has 8 heteroatoms. The Morgan fingerprint density at radius 3 is 2.77 bits per heavy atom. The minimum atomic E-state index is -0.454. The Hall–Kier alpha value is -3.03. The molecule has 0 saturated carbocycles. The lowest BCUT2D eigenvalue weighted by atomic mass is 10.2. The molecule has 0 atom stereocenters. The van der Waals surface area contributed by atoms with E-state index in [-0.39, 0.29) is 17.3 Å². The minimum Gasteiger partial charge on any atom is -0.378 e. The van der Waals surface area contributed by atoms with Crippen molar-refractivity contribution in [3.63, 3.8) is 0 Å². The number of carbonyl (C=O) groups excluding carboxylic acids is 1. The van der Waals surface area contributed by atoms with Crippen molar-refractivity contribution in [2.24, 2.45) is 0 Å². The van der Waals surface area contributed by atoms with E-state index >= 15 is 0 Å². The summed E-state index contributed by atoms with van der Waals surface area (Å²) in [7, 11) is 0. The Morgan fingerprint density at radius 2 is 2.05 bits per heavy atom. The molecule has 0 bridgehead atoms. The summed E-state index contributed by atoms with van der Waals surface area (Å²) in [6, 6.07) is 7.87. The first-order chi connectivity index (χ1) is 10.6. The fraction of sp³-hybridized carbons (Fsp3) is 0.214. The number of nitrogens with zero attached hydrogens (tertiary/aromatic N) is 3. The molecule has 1 aromatic heterocycles. The molecule has 0 saturated heterocycles. The highest BCUT2D eigenvalue weighted by molar-refractivity contribution is 5.92. The molecule has 2 N–H and O–H groups in total. The summed E-state index contributed by atoms with van der Waals surface area (Å²) in [5, 5.41) is 16.5. The molecule has 114 valence electrons. The highest BCUT2D eigenvalue weighted by Gasteiger charge is 2.11. The third-order valence-electron chi connectivity index (χ3n) is 2.84. The summed E-state index contributed by atoms with van der Waals surface area (Å²) in [4.78, 5) is 30.2. The second-order valence-corrected chi connectivity index (χ2v) is 4.45. The number of para-hydroxylation sites is 2. The van der Waals surface area contributed by atoms with Crippen LogP contribution < -0.4 is 10.6 Å². The molecule has 0 aliphatic heterocycles. The van der Waals surface area contributed by atoms with Crippen molar-refractivity contribution >= 4 is 17.3 Å². The summed E-state index contributed by atoms with van der Waals surface area (Å²) in [5.41, 5.74) is 0.707. The molecule has 0 aliphatic rings. The Bertz CT molecular complexity index is 690. The van der Waals surface area contributed by atoms with Crippen LogP contribution in [0.3, 0.4) is 0 Å². The Labute approximate surface area is 126 Å². The molecular weight excluding hydrogens is 286 g/mol. The zero-order chi connectivity index (χ0) is 15.9. The van der Waals surface area contributed by atoms with Gasteiger partial charge in [0.15, 0.2) is 0 Å². The third kappa shape index (κ3) is 3.98. The minimum absolute atomic E-state index is 0.000233. The maximum atomic E-state index is 11.8. The van der Waals surface area contributed by atoms with Crippen molar-refractivity contribution in [3.8, 4) is 0 Å². The third-order valence-corrected chi connectivity index (χ3v) is 2.84. The van der Waals surface area contributed by atoms with E-state index in [1.165, 1.54) is 18.3 Å². The number of aromatic nitrogens is 2. The maximum Gasteiger partial charge on any atom is 0.292 e. The SMILES string of the molecule is Cc1nccc(C(=O)NCCNc2ccccc2[N+](=O)[O-])n1. The van der Waals surface area contributed by atoms with E-state index in [0.717, 1.165) is 0 Å². The van der Waals surface area contributed by atoms with E-state index < -0.39 is 4.92 Å². The van der Waals surface area contributed by atoms with Gasteiger partial charge in [-0.05, 0) is 19.1 Å². The number of nitrogens with one attached hydrogen (secondary N) is 2. The van der Waals surface area contributed by atoms with Crippen LogP contribution in [-0.2, 0) is 0 Å². The first-order valence-electron chi connectivity index (χ1n) is 6.63. The molecule has 0 fully saturated rings. The van der Waals surface area contributed by atoms with Crippen LogP contribution in [0.25, 0.3) is 0 Å². The lowest BCUT2D eigenvalue weighted by molar-refractivity contribution is -0.384. The molecule has 0 aliphatic carbocycles. The van der Waals surface area contributed by atoms with Crippen LogP contribution in [0.5, 0.6) is 0 Å². The van der Waals surface area contributed by atoms with Gasteiger partial charge in [-0.1, -0.05) is 12.1 Å². The van der Waals surface area contributed by atoms with Crippen LogP contribution in [0.4, 0.5) is 11.4 Å². The summed E-state index contributed by atoms with van der Waals surface area (Å²) in [5.74, 6) is 0.209. The molecule has 1 amide bonds. The second-order valence-electron chi connectivity index (χ2n) is 4.45. The van der Waals surface area contributed by atoms with E-state index in [0.29, 0.717) is 24.6 Å². The number of nitro benzene ring substituents is 1. The van der Waals surface area contributed by atoms with E-state index in [9.17, 15) is 14.9 Å². The van der Waals surface area contributed by atoms with Crippen molar-refractivity contribution in [2.45, 2.75) is 6.92 Å². The molecule has 22 heavy (non-hydrogen) atoms. The van der Waals surface area contributed by atoms with Gasteiger partial charge in [0.25, 0.3) is 11.6 Å². The summed E-state index contributed by atoms with van der Waals surface area (Å²) in [6.07, 6.45) is 1.52. The number of carbonyl (C=O) groups is 1. The molecule has 1 aromatic carbocycles. The number of benzene rings is 1. The van der Waals surface area contributed by atoms with E-state index in [1.807, 2.05) is 0 Å². The predicted octanol–water partition coefficient (Wildman–Crippen LogP) is 1.54. The van der Waals surface area contributed by atoms with Gasteiger partial charge in [0.2, 0.25) is 0 Å². The second kappa shape index (κ2) is 7.11. The number of aryl methyl sites for hydroxylation is 1. The van der Waals surface area contributed by atoms with Crippen molar-refractivity contribution in [1.82, 2.24) is 15.3 Å². The van der Waals surface area contributed by atoms with E-state index in [4.69, 9.17) is 0 Å². The number of nitro groups is 1. The predicted molar refractivity (Wildman–Crippen MR) is 80.7 cm³/mol. The van der Waals surface area contributed by atoms with Crippen molar-refractivity contribution in [3.05, 3.63) is 58.2 Å². The first kappa shape index (κ1) is 15.4. The van der Waals surface area contributed by atoms with E-state index in [2.05, 4.69) is 20.6 Å². The normalized spacial score (nSPS) is 10.0. The monoisotopic (exact) mass is 301 g/mol. The Morgan fingerprint density at radius 1 is 1.27 bits per heavy atom. The van der Waals surface area contributed by atoms with Crippen LogP contribution in [0.1, 0.15) is 16.3 Å². The van der Waals surface area contributed by atoms with Crippen LogP contribution >= 0.6 is 0 Å². The summed E-state index contributed by atoms with van der Waals surface area (Å²) in [6.45, 7) is 2.38. The topological polar surface area (TPSA) is 110 Å². The fourth-order valence-electron chi connectivity index (χ4n) is 1.83. The molecule has 0 spiro atoms. The Kier molecular flexibility index (Phi) is 4.97. The van der Waals surface area contributed by atoms with Gasteiger partial charge < -0.3 is 10.6 Å². The van der Waals surface area contributed by atoms with Gasteiger partial charge in [-0.25, -0.2) is 9.97 Å². The molecule has 2 rings (SSSR count). The van der Waals surface area contributed by atoms with E-state index in [1.54, 1.807) is 25.1 Å². The fourth-order valence-corrected chi connectivity index (χ4v) is 1.83. The van der Waals surface area contributed by atoms with Gasteiger partial charge in [-0.2, -0.15) is 0 Å². The smallest absolute Gasteiger partial charge is 0.292 e. The highest BCUT2D eigenvalue weighted by atomic mass is 16.6. The molecular formula is C14H15N5O3. The summed E-state index contributed by atoms with van der Waals surface area (Å²) >= 11 is 0. The van der Waals surface area contributed by atoms with Crippen LogP contribution in [0.2, 0.25) is 0 Å². The number of rotatable bonds is 6. The quantitative estimate of drug-likeness (QED) is 0.475. The molecule has 1 heterocycles. The number of anilines is 1. The molecule has 2 aromatic rings. The van der Waals surface area contributed by atoms with Gasteiger partial charge in [-0.3, -0.25) is 14.9 Å². The first-order valence-corrected chi connectivity index (χ1v) is 6.63. The van der Waals surface area contributed by atoms with Gasteiger partial charge in [0, 0.05) is 25.4 Å². The van der Waals surface area contributed by atoms with Crippen LogP contribution in [0, 0.1) is 17.0 Å². The van der Waals surface area contributed by atoms with Gasteiger partial charge in [0.05, 0.1) is 4.92 Å². The van der Waals surface area contributed by atoms with Crippen molar-refractivity contribution in [2.75, 3.05) is 18.4 Å². The summed E-state index contributed by atoms with van der Waals surface area (Å²) < 4.78 is 0. The van der Waals surface area contributed by atoms with Gasteiger partial charge in [0.1, 0.15) is 17.2 Å². The lowest BCUT2D eigenvalue weighted by Crippen LogP contribution is -2.29. The van der Waals surface area contributed by atoms with Gasteiger partial charge in [-0.15, -0.1) is 0 Å². The molecule has 8 nitrogen and oxygen atoms in total. The zero-order valence-electron chi connectivity index (χ0n) is 11.9. The lowest BCUT2D eigenvalue weighted by Gasteiger charge is -2.08. The zero-order valence-corrected chi connectivity index (χ0v) is 11.9. The Balaban J connectivity index is 1.85. The standard InChI is InChI=1S/C14H15N5O3/c1-10-15-7-6-12(18-10)14(20)17-9-8-16-11-4-2-3-5-13(11)19(21)22/h2-7,16H,8-9H2,1H3,(H,17,20). The maximum absolute atomic E-state index is 11.8. The van der Waals surface area contributed by atoms with Crippen LogP contribution in [-0.4, -0.2) is 33.9 Å². The van der Waals surface area contributed by atoms with Gasteiger partial charge >= 0.3 is 0 Å². The average molecular weight is 301 g/mol. The number of hydrogen-bond donors (Lipinski definition) is 2. The van der Waals surface area contributed by atoms with Crippen molar-refractivity contribution in [1.29, 1.82) is 0 Å². The number of amides is 1. The largest absolute Gasteiger partial charge is 0.378 e. The van der Waals surface area contributed by atoms with Crippen molar-refractivity contribution < 1.29 is 9.72 Å². The molecule has 0 radical (unpaired) electrons. The highest BCUT2D eigenvalue weighted by Crippen LogP contribution is 2.22. The number of hydrogen-bond acceptors (Lipinski definition) is 6. The average Bonchev–Trinajstić information content (AvgIpc) is 2.51. The molecule has 0 unspecified atom stereocenters.